The van der Waals surface area contributed by atoms with Gasteiger partial charge in [0.05, 0.1) is 0 Å². The molecule has 1 aromatic rings. The number of halogens is 1. The molecule has 0 aromatic heterocycles. The Bertz CT molecular complexity index is 729. The highest BCUT2D eigenvalue weighted by atomic mass is 35.5. The summed E-state index contributed by atoms with van der Waals surface area (Å²) in [5.74, 6) is -1.63. The maximum absolute atomic E-state index is 13.0. The molecule has 0 fully saturated rings. The number of aliphatic carboxylic acids is 1. The number of benzene rings is 1. The minimum Gasteiger partial charge on any atom is -0.480 e. The summed E-state index contributed by atoms with van der Waals surface area (Å²) in [4.78, 5) is 37.9. The van der Waals surface area contributed by atoms with E-state index in [9.17, 15) is 19.5 Å². The fourth-order valence-electron chi connectivity index (χ4n) is 2.85. The molecule has 0 spiro atoms. The highest BCUT2D eigenvalue weighted by molar-refractivity contribution is 6.32. The first-order chi connectivity index (χ1) is 12.0. The number of ether oxygens (including phenoxy) is 1. The monoisotopic (exact) mass is 382 g/mol. The second kappa shape index (κ2) is 7.53. The Morgan fingerprint density at radius 1 is 1.38 bits per heavy atom. The van der Waals surface area contributed by atoms with E-state index < -0.39 is 35.7 Å². The summed E-state index contributed by atoms with van der Waals surface area (Å²) in [5, 5.41) is 12.5. The number of carboxylic acid groups (broad SMARTS) is 1. The zero-order chi connectivity index (χ0) is 19.6. The van der Waals surface area contributed by atoms with Crippen LogP contribution < -0.4 is 10.2 Å². The smallest absolute Gasteiger partial charge is 0.408 e. The lowest BCUT2D eigenvalue weighted by Crippen LogP contribution is -2.53. The van der Waals surface area contributed by atoms with Crippen molar-refractivity contribution in [2.45, 2.75) is 58.2 Å². The van der Waals surface area contributed by atoms with Crippen LogP contribution in [0.25, 0.3) is 0 Å². The van der Waals surface area contributed by atoms with Crippen molar-refractivity contribution in [1.29, 1.82) is 0 Å². The van der Waals surface area contributed by atoms with Crippen LogP contribution in [-0.2, 0) is 20.7 Å². The first-order valence-electron chi connectivity index (χ1n) is 8.38. The van der Waals surface area contributed by atoms with Gasteiger partial charge in [-0.05, 0) is 44.9 Å². The lowest BCUT2D eigenvalue weighted by Gasteiger charge is -2.28. The van der Waals surface area contributed by atoms with Crippen LogP contribution >= 0.6 is 11.6 Å². The van der Waals surface area contributed by atoms with Gasteiger partial charge < -0.3 is 15.2 Å². The third-order valence-corrected chi connectivity index (χ3v) is 4.34. The lowest BCUT2D eigenvalue weighted by molar-refractivity contribution is -0.140. The normalized spacial score (nSPS) is 17.4. The van der Waals surface area contributed by atoms with E-state index in [2.05, 4.69) is 5.32 Å². The fourth-order valence-corrected chi connectivity index (χ4v) is 3.10. The molecule has 1 aliphatic rings. The van der Waals surface area contributed by atoms with Crippen LogP contribution in [-0.4, -0.2) is 40.8 Å². The summed E-state index contributed by atoms with van der Waals surface area (Å²) in [5.41, 5.74) is 0.365. The van der Waals surface area contributed by atoms with E-state index >= 15 is 0 Å². The van der Waals surface area contributed by atoms with Crippen LogP contribution in [0.3, 0.4) is 0 Å². The predicted molar refractivity (Wildman–Crippen MR) is 97.5 cm³/mol. The Labute approximate surface area is 157 Å². The number of amides is 2. The average molecular weight is 383 g/mol. The van der Waals surface area contributed by atoms with Gasteiger partial charge in [0, 0.05) is 17.1 Å². The van der Waals surface area contributed by atoms with Crippen LogP contribution in [0.5, 0.6) is 0 Å². The first-order valence-corrected chi connectivity index (χ1v) is 8.75. The van der Waals surface area contributed by atoms with Crippen molar-refractivity contribution in [2.24, 2.45) is 0 Å². The molecule has 0 aliphatic carbocycles. The van der Waals surface area contributed by atoms with Crippen molar-refractivity contribution < 1.29 is 24.2 Å². The van der Waals surface area contributed by atoms with Crippen molar-refractivity contribution in [3.63, 3.8) is 0 Å². The Hall–Kier alpha value is -2.28. The van der Waals surface area contributed by atoms with Gasteiger partial charge in [0.1, 0.15) is 17.7 Å². The number of hydrogen-bond donors (Lipinski definition) is 2. The van der Waals surface area contributed by atoms with Crippen molar-refractivity contribution in [3.05, 3.63) is 28.8 Å². The number of hydrogen-bond acceptors (Lipinski definition) is 4. The Balaban J connectivity index is 2.28. The number of carboxylic acids is 1. The van der Waals surface area contributed by atoms with Gasteiger partial charge in [-0.3, -0.25) is 9.69 Å². The molecule has 0 unspecified atom stereocenters. The van der Waals surface area contributed by atoms with Crippen molar-refractivity contribution in [2.75, 3.05) is 4.90 Å². The van der Waals surface area contributed by atoms with E-state index in [0.29, 0.717) is 16.3 Å². The number of alkyl carbamates (subject to hydrolysis) is 1. The minimum absolute atomic E-state index is 0.124. The number of nitrogens with zero attached hydrogens (tertiary/aromatic N) is 1. The van der Waals surface area contributed by atoms with Crippen molar-refractivity contribution >= 4 is 35.3 Å². The SMILES string of the molecule is CC[C@H](NC(=O)OC(C)(C)C)C(=O)N1c2cccc(Cl)c2C[C@H]1C(=O)O. The molecular formula is C18H23ClN2O5. The van der Waals surface area contributed by atoms with Gasteiger partial charge in [-0.2, -0.15) is 0 Å². The van der Waals surface area contributed by atoms with Crippen LogP contribution in [0.15, 0.2) is 18.2 Å². The molecular weight excluding hydrogens is 360 g/mol. The summed E-state index contributed by atoms with van der Waals surface area (Å²) in [6, 6.07) is 3.00. The molecule has 1 aromatic carbocycles. The van der Waals surface area contributed by atoms with Gasteiger partial charge in [0.15, 0.2) is 0 Å². The largest absolute Gasteiger partial charge is 0.480 e. The molecule has 2 amide bonds. The molecule has 0 radical (unpaired) electrons. The van der Waals surface area contributed by atoms with E-state index in [0.717, 1.165) is 0 Å². The number of carbonyl (C=O) groups is 3. The maximum Gasteiger partial charge on any atom is 0.408 e. The summed E-state index contributed by atoms with van der Waals surface area (Å²) in [6.07, 6.45) is -0.314. The average Bonchev–Trinajstić information content (AvgIpc) is 2.91. The standard InChI is InChI=1S/C18H23ClN2O5/c1-5-12(20-17(25)26-18(2,3)4)15(22)21-13-8-6-7-11(19)10(13)9-14(21)16(23)24/h6-8,12,14H,5,9H2,1-4H3,(H,20,25)(H,23,24)/t12-,14-/m0/s1. The summed E-state index contributed by atoms with van der Waals surface area (Å²) < 4.78 is 5.19. The van der Waals surface area contributed by atoms with E-state index in [4.69, 9.17) is 16.3 Å². The fraction of sp³-hybridized carbons (Fsp3) is 0.500. The molecule has 0 saturated heterocycles. The zero-order valence-corrected chi connectivity index (χ0v) is 16.0. The van der Waals surface area contributed by atoms with E-state index in [1.165, 1.54) is 4.90 Å². The number of anilines is 1. The summed E-state index contributed by atoms with van der Waals surface area (Å²) in [7, 11) is 0. The van der Waals surface area contributed by atoms with E-state index in [-0.39, 0.29) is 12.8 Å². The second-order valence-corrected chi connectivity index (χ2v) is 7.52. The highest BCUT2D eigenvalue weighted by Crippen LogP contribution is 2.37. The van der Waals surface area contributed by atoms with Gasteiger partial charge in [-0.25, -0.2) is 9.59 Å². The molecule has 2 atom stereocenters. The Kier molecular flexibility index (Phi) is 5.81. The number of fused-ring (bicyclic) bond motifs is 1. The maximum atomic E-state index is 13.0. The van der Waals surface area contributed by atoms with Gasteiger partial charge in [-0.1, -0.05) is 24.6 Å². The summed E-state index contributed by atoms with van der Waals surface area (Å²) >= 11 is 6.16. The quantitative estimate of drug-likeness (QED) is 0.834. The Morgan fingerprint density at radius 2 is 2.04 bits per heavy atom. The molecule has 2 rings (SSSR count). The molecule has 26 heavy (non-hydrogen) atoms. The topological polar surface area (TPSA) is 95.9 Å². The van der Waals surface area contributed by atoms with E-state index in [1.807, 2.05) is 0 Å². The van der Waals surface area contributed by atoms with Crippen molar-refractivity contribution in [3.8, 4) is 0 Å². The van der Waals surface area contributed by atoms with Gasteiger partial charge in [0.25, 0.3) is 5.91 Å². The number of carbonyl (C=O) groups excluding carboxylic acids is 2. The van der Waals surface area contributed by atoms with Crippen LogP contribution in [0.1, 0.15) is 39.7 Å². The zero-order valence-electron chi connectivity index (χ0n) is 15.2. The second-order valence-electron chi connectivity index (χ2n) is 7.11. The van der Waals surface area contributed by atoms with Crippen LogP contribution in [0.4, 0.5) is 10.5 Å². The van der Waals surface area contributed by atoms with Crippen LogP contribution in [0, 0.1) is 0 Å². The third kappa shape index (κ3) is 4.27. The van der Waals surface area contributed by atoms with Gasteiger partial charge in [0.2, 0.25) is 0 Å². The first kappa shape index (κ1) is 20.0. The predicted octanol–water partition coefficient (Wildman–Crippen LogP) is 2.99. The molecule has 142 valence electrons. The van der Waals surface area contributed by atoms with E-state index in [1.54, 1.807) is 45.9 Å². The molecule has 0 bridgehead atoms. The van der Waals surface area contributed by atoms with Gasteiger partial charge >= 0.3 is 12.1 Å². The lowest BCUT2D eigenvalue weighted by atomic mass is 10.1. The number of rotatable bonds is 4. The molecule has 1 heterocycles. The van der Waals surface area contributed by atoms with Crippen molar-refractivity contribution in [1.82, 2.24) is 5.32 Å². The molecule has 8 heteroatoms. The highest BCUT2D eigenvalue weighted by Gasteiger charge is 2.41. The Morgan fingerprint density at radius 3 is 2.58 bits per heavy atom. The minimum atomic E-state index is -1.13. The van der Waals surface area contributed by atoms with Gasteiger partial charge in [-0.15, -0.1) is 0 Å². The summed E-state index contributed by atoms with van der Waals surface area (Å²) in [6.45, 7) is 6.88. The molecule has 1 aliphatic heterocycles. The third-order valence-electron chi connectivity index (χ3n) is 3.98. The molecule has 7 nitrogen and oxygen atoms in total. The molecule has 2 N–H and O–H groups in total. The number of nitrogens with one attached hydrogen (secondary N) is 1. The molecule has 0 saturated carbocycles. The van der Waals surface area contributed by atoms with Crippen LogP contribution in [0.2, 0.25) is 5.02 Å².